The molecule has 2 aliphatic heterocycles. The van der Waals surface area contributed by atoms with Crippen LogP contribution >= 0.6 is 0 Å². The minimum atomic E-state index is -0.224. The molecule has 122 valence electrons. The third-order valence-corrected chi connectivity index (χ3v) is 4.39. The fraction of sp³-hybridized carbons (Fsp3) is 0.688. The fourth-order valence-corrected chi connectivity index (χ4v) is 2.88. The lowest BCUT2D eigenvalue weighted by Gasteiger charge is -2.17. The van der Waals surface area contributed by atoms with Crippen LogP contribution in [0.25, 0.3) is 0 Å². The normalized spacial score (nSPS) is 21.0. The molecule has 0 saturated carbocycles. The molecule has 0 aromatic heterocycles. The number of nitrogens with zero attached hydrogens (tertiary/aromatic N) is 2. The number of carbonyl (C=O) groups is 3. The lowest BCUT2D eigenvalue weighted by molar-refractivity contribution is -0.136. The van der Waals surface area contributed by atoms with E-state index in [2.05, 4.69) is 12.2 Å². The molecular weight excluding hydrogens is 282 g/mol. The van der Waals surface area contributed by atoms with Crippen LogP contribution in [-0.4, -0.2) is 53.8 Å². The van der Waals surface area contributed by atoms with Crippen molar-refractivity contribution in [1.82, 2.24) is 15.1 Å². The molecule has 0 aromatic carbocycles. The van der Waals surface area contributed by atoms with E-state index in [0.29, 0.717) is 19.0 Å². The van der Waals surface area contributed by atoms with Crippen LogP contribution < -0.4 is 5.32 Å². The number of carbonyl (C=O) groups excluding carboxylic acids is 3. The monoisotopic (exact) mass is 307 g/mol. The summed E-state index contributed by atoms with van der Waals surface area (Å²) in [7, 11) is 0. The Morgan fingerprint density at radius 2 is 1.95 bits per heavy atom. The number of likely N-dealkylation sites (tertiary alicyclic amines) is 1. The summed E-state index contributed by atoms with van der Waals surface area (Å²) in [4.78, 5) is 37.8. The Hall–Kier alpha value is -1.85. The third kappa shape index (κ3) is 4.32. The number of amides is 4. The molecule has 0 aromatic rings. The van der Waals surface area contributed by atoms with Crippen molar-refractivity contribution < 1.29 is 14.4 Å². The van der Waals surface area contributed by atoms with Crippen molar-refractivity contribution >= 4 is 17.8 Å². The number of imide groups is 1. The SMILES string of the molecule is CCC1CCN(C(=O)NCCCCCN2C(=O)C=CC2=O)C1. The summed E-state index contributed by atoms with van der Waals surface area (Å²) in [6, 6.07) is 0.0325. The molecule has 22 heavy (non-hydrogen) atoms. The number of unbranched alkanes of at least 4 members (excludes halogenated alkanes) is 2. The molecule has 1 fully saturated rings. The maximum atomic E-state index is 11.9. The molecule has 2 aliphatic rings. The van der Waals surface area contributed by atoms with E-state index in [0.717, 1.165) is 45.2 Å². The van der Waals surface area contributed by atoms with E-state index < -0.39 is 0 Å². The Labute approximate surface area is 131 Å². The average Bonchev–Trinajstić information content (AvgIpc) is 3.11. The second-order valence-corrected chi connectivity index (χ2v) is 5.96. The summed E-state index contributed by atoms with van der Waals surface area (Å²) in [5.41, 5.74) is 0. The van der Waals surface area contributed by atoms with Crippen LogP contribution in [0, 0.1) is 5.92 Å². The van der Waals surface area contributed by atoms with Crippen molar-refractivity contribution in [3.8, 4) is 0 Å². The molecular formula is C16H25N3O3. The van der Waals surface area contributed by atoms with Crippen LogP contribution in [0.5, 0.6) is 0 Å². The molecule has 0 bridgehead atoms. The van der Waals surface area contributed by atoms with Gasteiger partial charge in [-0.1, -0.05) is 13.3 Å². The number of urea groups is 1. The van der Waals surface area contributed by atoms with Gasteiger partial charge < -0.3 is 10.2 Å². The van der Waals surface area contributed by atoms with Crippen molar-refractivity contribution in [2.75, 3.05) is 26.2 Å². The maximum Gasteiger partial charge on any atom is 0.317 e. The van der Waals surface area contributed by atoms with Crippen LogP contribution in [0.1, 0.15) is 39.0 Å². The van der Waals surface area contributed by atoms with Crippen molar-refractivity contribution in [3.05, 3.63) is 12.2 Å². The van der Waals surface area contributed by atoms with Gasteiger partial charge in [-0.2, -0.15) is 0 Å². The molecule has 6 heteroatoms. The first-order valence-corrected chi connectivity index (χ1v) is 8.18. The van der Waals surface area contributed by atoms with Crippen LogP contribution in [0.4, 0.5) is 4.79 Å². The Balaban J connectivity index is 1.52. The van der Waals surface area contributed by atoms with Gasteiger partial charge in [-0.15, -0.1) is 0 Å². The van der Waals surface area contributed by atoms with E-state index in [1.807, 2.05) is 4.90 Å². The summed E-state index contributed by atoms with van der Waals surface area (Å²) in [5.74, 6) is 0.200. The molecule has 0 aliphatic carbocycles. The third-order valence-electron chi connectivity index (χ3n) is 4.39. The quantitative estimate of drug-likeness (QED) is 0.573. The van der Waals surface area contributed by atoms with Gasteiger partial charge in [0.05, 0.1) is 0 Å². The number of nitrogens with one attached hydrogen (secondary N) is 1. The van der Waals surface area contributed by atoms with Crippen molar-refractivity contribution in [3.63, 3.8) is 0 Å². The van der Waals surface area contributed by atoms with Crippen molar-refractivity contribution in [1.29, 1.82) is 0 Å². The van der Waals surface area contributed by atoms with Crippen LogP contribution in [0.3, 0.4) is 0 Å². The molecule has 2 heterocycles. The van der Waals surface area contributed by atoms with Crippen LogP contribution in [0.2, 0.25) is 0 Å². The summed E-state index contributed by atoms with van der Waals surface area (Å²) >= 11 is 0. The van der Waals surface area contributed by atoms with Gasteiger partial charge in [-0.05, 0) is 31.6 Å². The molecule has 0 radical (unpaired) electrons. The minimum Gasteiger partial charge on any atom is -0.338 e. The highest BCUT2D eigenvalue weighted by Gasteiger charge is 2.24. The fourth-order valence-electron chi connectivity index (χ4n) is 2.88. The van der Waals surface area contributed by atoms with Crippen LogP contribution in [0.15, 0.2) is 12.2 Å². The van der Waals surface area contributed by atoms with Crippen molar-refractivity contribution in [2.24, 2.45) is 5.92 Å². The van der Waals surface area contributed by atoms with Crippen molar-refractivity contribution in [2.45, 2.75) is 39.0 Å². The van der Waals surface area contributed by atoms with Gasteiger partial charge >= 0.3 is 6.03 Å². The molecule has 0 spiro atoms. The van der Waals surface area contributed by atoms with Gasteiger partial charge in [0.2, 0.25) is 0 Å². The molecule has 4 amide bonds. The first-order valence-electron chi connectivity index (χ1n) is 8.18. The molecule has 1 atom stereocenters. The highest BCUT2D eigenvalue weighted by Crippen LogP contribution is 2.18. The predicted molar refractivity (Wildman–Crippen MR) is 83.1 cm³/mol. The largest absolute Gasteiger partial charge is 0.338 e. The number of hydrogen-bond acceptors (Lipinski definition) is 3. The lowest BCUT2D eigenvalue weighted by Crippen LogP contribution is -2.38. The van der Waals surface area contributed by atoms with Crippen LogP contribution in [-0.2, 0) is 9.59 Å². The highest BCUT2D eigenvalue weighted by molar-refractivity contribution is 6.12. The second kappa shape index (κ2) is 7.96. The summed E-state index contributed by atoms with van der Waals surface area (Å²) in [6.07, 6.45) is 7.37. The molecule has 1 N–H and O–H groups in total. The maximum absolute atomic E-state index is 11.9. The zero-order valence-corrected chi connectivity index (χ0v) is 13.2. The van der Waals surface area contributed by atoms with E-state index in [1.165, 1.54) is 17.1 Å². The number of hydrogen-bond donors (Lipinski definition) is 1. The minimum absolute atomic E-state index is 0.0325. The summed E-state index contributed by atoms with van der Waals surface area (Å²) in [6.45, 7) is 5.00. The average molecular weight is 307 g/mol. The first-order chi connectivity index (χ1) is 10.6. The van der Waals surface area contributed by atoms with E-state index in [9.17, 15) is 14.4 Å². The Morgan fingerprint density at radius 3 is 2.59 bits per heavy atom. The topological polar surface area (TPSA) is 69.7 Å². The predicted octanol–water partition coefficient (Wildman–Crippen LogP) is 1.52. The Morgan fingerprint density at radius 1 is 1.23 bits per heavy atom. The van der Waals surface area contributed by atoms with Gasteiger partial charge in [0, 0.05) is 38.3 Å². The second-order valence-electron chi connectivity index (χ2n) is 5.96. The highest BCUT2D eigenvalue weighted by atomic mass is 16.2. The van der Waals surface area contributed by atoms with E-state index in [4.69, 9.17) is 0 Å². The van der Waals surface area contributed by atoms with Gasteiger partial charge in [0.1, 0.15) is 0 Å². The first kappa shape index (κ1) is 16.5. The standard InChI is InChI=1S/C16H25N3O3/c1-2-13-8-11-18(12-13)16(22)17-9-4-3-5-10-19-14(20)6-7-15(19)21/h6-7,13H,2-5,8-12H2,1H3,(H,17,22). The smallest absolute Gasteiger partial charge is 0.317 e. The Bertz CT molecular complexity index is 444. The molecule has 1 unspecified atom stereocenters. The molecule has 1 saturated heterocycles. The van der Waals surface area contributed by atoms with E-state index in [-0.39, 0.29) is 17.8 Å². The molecule has 6 nitrogen and oxygen atoms in total. The summed E-state index contributed by atoms with van der Waals surface area (Å²) in [5, 5.41) is 2.94. The van der Waals surface area contributed by atoms with Gasteiger partial charge in [-0.3, -0.25) is 14.5 Å². The Kier molecular flexibility index (Phi) is 5.98. The van der Waals surface area contributed by atoms with E-state index in [1.54, 1.807) is 0 Å². The van der Waals surface area contributed by atoms with E-state index >= 15 is 0 Å². The lowest BCUT2D eigenvalue weighted by atomic mass is 10.1. The van der Waals surface area contributed by atoms with Gasteiger partial charge in [0.25, 0.3) is 11.8 Å². The zero-order valence-electron chi connectivity index (χ0n) is 13.2. The molecule has 2 rings (SSSR count). The summed E-state index contributed by atoms with van der Waals surface area (Å²) < 4.78 is 0. The number of rotatable bonds is 7. The zero-order chi connectivity index (χ0) is 15.9. The van der Waals surface area contributed by atoms with Gasteiger partial charge in [-0.25, -0.2) is 4.79 Å². The van der Waals surface area contributed by atoms with Gasteiger partial charge in [0.15, 0.2) is 0 Å².